The maximum Gasteiger partial charge on any atom is 0.0593 e. The van der Waals surface area contributed by atoms with Crippen LogP contribution < -0.4 is 5.73 Å². The molecule has 0 heterocycles. The molecular formula is C14H32N2O. The maximum absolute atomic E-state index is 5.69. The Kier molecular flexibility index (Phi) is 10.9. The van der Waals surface area contributed by atoms with Gasteiger partial charge in [-0.15, -0.1) is 0 Å². The van der Waals surface area contributed by atoms with Crippen molar-refractivity contribution in [2.75, 3.05) is 39.9 Å². The van der Waals surface area contributed by atoms with E-state index in [-0.39, 0.29) is 0 Å². The summed E-state index contributed by atoms with van der Waals surface area (Å²) in [6.45, 7) is 11.5. The van der Waals surface area contributed by atoms with Gasteiger partial charge < -0.3 is 15.4 Å². The Morgan fingerprint density at radius 1 is 1.12 bits per heavy atom. The molecule has 0 saturated carbocycles. The number of likely N-dealkylation sites (N-methyl/N-ethyl adjacent to an activating group) is 1. The lowest BCUT2D eigenvalue weighted by atomic mass is 10.1. The zero-order chi connectivity index (χ0) is 13.1. The van der Waals surface area contributed by atoms with Crippen molar-refractivity contribution >= 4 is 0 Å². The maximum atomic E-state index is 5.69. The Morgan fingerprint density at radius 3 is 2.41 bits per heavy atom. The van der Waals surface area contributed by atoms with Crippen molar-refractivity contribution < 1.29 is 4.74 Å². The fourth-order valence-electron chi connectivity index (χ4n) is 1.64. The molecule has 0 radical (unpaired) electrons. The van der Waals surface area contributed by atoms with Crippen LogP contribution in [0.25, 0.3) is 0 Å². The molecule has 3 heteroatoms. The second kappa shape index (κ2) is 11.0. The average molecular weight is 244 g/mol. The number of ether oxygens (including phenoxy) is 1. The molecule has 1 atom stereocenters. The minimum atomic E-state index is 0.638. The lowest BCUT2D eigenvalue weighted by Crippen LogP contribution is -2.25. The van der Waals surface area contributed by atoms with Crippen molar-refractivity contribution in [3.05, 3.63) is 0 Å². The van der Waals surface area contributed by atoms with Crippen molar-refractivity contribution in [3.63, 3.8) is 0 Å². The second-order valence-electron chi connectivity index (χ2n) is 5.60. The highest BCUT2D eigenvalue weighted by Gasteiger charge is 2.03. The highest BCUT2D eigenvalue weighted by Crippen LogP contribution is 2.05. The van der Waals surface area contributed by atoms with Gasteiger partial charge in [-0.05, 0) is 51.2 Å². The summed E-state index contributed by atoms with van der Waals surface area (Å²) in [5.74, 6) is 1.43. The molecule has 0 aliphatic rings. The molecule has 0 amide bonds. The third kappa shape index (κ3) is 12.1. The SMILES string of the molecule is CC(C)CCN(C)CCOCC(C)CCCN. The van der Waals surface area contributed by atoms with Crippen molar-refractivity contribution in [1.29, 1.82) is 0 Å². The largest absolute Gasteiger partial charge is 0.380 e. The van der Waals surface area contributed by atoms with Crippen LogP contribution in [0.4, 0.5) is 0 Å². The van der Waals surface area contributed by atoms with Gasteiger partial charge in [0, 0.05) is 13.2 Å². The molecule has 0 saturated heterocycles. The molecule has 3 nitrogen and oxygen atoms in total. The van der Waals surface area contributed by atoms with Crippen molar-refractivity contribution in [2.45, 2.75) is 40.0 Å². The summed E-state index contributed by atoms with van der Waals surface area (Å²) < 4.78 is 5.69. The fraction of sp³-hybridized carbons (Fsp3) is 1.00. The molecule has 0 bridgehead atoms. The van der Waals surface area contributed by atoms with E-state index < -0.39 is 0 Å². The molecule has 0 aliphatic carbocycles. The zero-order valence-electron chi connectivity index (χ0n) is 12.2. The van der Waals surface area contributed by atoms with Gasteiger partial charge in [0.1, 0.15) is 0 Å². The Labute approximate surface area is 108 Å². The van der Waals surface area contributed by atoms with Crippen LogP contribution in [0.2, 0.25) is 0 Å². The van der Waals surface area contributed by atoms with Crippen LogP contribution in [0.3, 0.4) is 0 Å². The molecule has 0 rings (SSSR count). The first-order chi connectivity index (χ1) is 8.06. The van der Waals surface area contributed by atoms with Crippen LogP contribution in [0.1, 0.15) is 40.0 Å². The number of hydrogen-bond acceptors (Lipinski definition) is 3. The Balaban J connectivity index is 3.31. The summed E-state index contributed by atoms with van der Waals surface area (Å²) >= 11 is 0. The van der Waals surface area contributed by atoms with E-state index in [1.54, 1.807) is 0 Å². The van der Waals surface area contributed by atoms with Crippen LogP contribution in [0.15, 0.2) is 0 Å². The van der Waals surface area contributed by atoms with Gasteiger partial charge in [-0.1, -0.05) is 20.8 Å². The smallest absolute Gasteiger partial charge is 0.0593 e. The predicted molar refractivity (Wildman–Crippen MR) is 75.2 cm³/mol. The lowest BCUT2D eigenvalue weighted by molar-refractivity contribution is 0.0839. The molecule has 2 N–H and O–H groups in total. The number of nitrogens with zero attached hydrogens (tertiary/aromatic N) is 1. The van der Waals surface area contributed by atoms with Gasteiger partial charge in [0.15, 0.2) is 0 Å². The van der Waals surface area contributed by atoms with Gasteiger partial charge in [0.25, 0.3) is 0 Å². The molecule has 17 heavy (non-hydrogen) atoms. The molecule has 0 fully saturated rings. The van der Waals surface area contributed by atoms with Gasteiger partial charge in [-0.3, -0.25) is 0 Å². The Hall–Kier alpha value is -0.120. The number of nitrogens with two attached hydrogens (primary N) is 1. The van der Waals surface area contributed by atoms with E-state index in [0.29, 0.717) is 5.92 Å². The van der Waals surface area contributed by atoms with Gasteiger partial charge in [0.2, 0.25) is 0 Å². The standard InChI is InChI=1S/C14H32N2O/c1-13(2)7-9-16(4)10-11-17-12-14(3)6-5-8-15/h13-14H,5-12,15H2,1-4H3. The predicted octanol–water partition coefficient (Wildman–Crippen LogP) is 2.36. The number of hydrogen-bond donors (Lipinski definition) is 1. The zero-order valence-corrected chi connectivity index (χ0v) is 12.2. The molecule has 0 aromatic heterocycles. The van der Waals surface area contributed by atoms with Gasteiger partial charge in [-0.2, -0.15) is 0 Å². The van der Waals surface area contributed by atoms with Crippen molar-refractivity contribution in [2.24, 2.45) is 17.6 Å². The van der Waals surface area contributed by atoms with Crippen molar-refractivity contribution in [3.8, 4) is 0 Å². The lowest BCUT2D eigenvalue weighted by Gasteiger charge is -2.18. The molecule has 0 aliphatic heterocycles. The molecule has 0 aromatic rings. The van der Waals surface area contributed by atoms with Gasteiger partial charge >= 0.3 is 0 Å². The Bertz CT molecular complexity index is 162. The van der Waals surface area contributed by atoms with E-state index >= 15 is 0 Å². The number of rotatable bonds is 11. The van der Waals surface area contributed by atoms with Crippen LogP contribution in [-0.2, 0) is 4.74 Å². The van der Waals surface area contributed by atoms with Crippen LogP contribution in [0, 0.1) is 11.8 Å². The summed E-state index contributed by atoms with van der Waals surface area (Å²) in [7, 11) is 2.17. The van der Waals surface area contributed by atoms with Crippen LogP contribution in [-0.4, -0.2) is 44.8 Å². The molecule has 0 spiro atoms. The Morgan fingerprint density at radius 2 is 1.82 bits per heavy atom. The first-order valence-electron chi connectivity index (χ1n) is 7.02. The monoisotopic (exact) mass is 244 g/mol. The summed E-state index contributed by atoms with van der Waals surface area (Å²) in [6.07, 6.45) is 3.56. The first kappa shape index (κ1) is 16.9. The van der Waals surface area contributed by atoms with E-state index in [9.17, 15) is 0 Å². The minimum absolute atomic E-state index is 0.638. The summed E-state index contributed by atoms with van der Waals surface area (Å²) in [5, 5.41) is 0. The third-order valence-electron chi connectivity index (χ3n) is 3.01. The fourth-order valence-corrected chi connectivity index (χ4v) is 1.64. The highest BCUT2D eigenvalue weighted by molar-refractivity contribution is 4.55. The summed E-state index contributed by atoms with van der Waals surface area (Å²) in [5.41, 5.74) is 5.48. The van der Waals surface area contributed by atoms with Gasteiger partial charge in [-0.25, -0.2) is 0 Å². The van der Waals surface area contributed by atoms with Crippen LogP contribution in [0.5, 0.6) is 0 Å². The average Bonchev–Trinajstić information content (AvgIpc) is 2.29. The third-order valence-corrected chi connectivity index (χ3v) is 3.01. The van der Waals surface area contributed by atoms with Crippen molar-refractivity contribution in [1.82, 2.24) is 4.90 Å². The molecule has 104 valence electrons. The first-order valence-corrected chi connectivity index (χ1v) is 7.02. The van der Waals surface area contributed by atoms with Gasteiger partial charge in [0.05, 0.1) is 6.61 Å². The summed E-state index contributed by atoms with van der Waals surface area (Å²) in [4.78, 5) is 2.35. The molecule has 1 unspecified atom stereocenters. The highest BCUT2D eigenvalue weighted by atomic mass is 16.5. The second-order valence-corrected chi connectivity index (χ2v) is 5.60. The van der Waals surface area contributed by atoms with Crippen LogP contribution >= 0.6 is 0 Å². The molecule has 0 aromatic carbocycles. The topological polar surface area (TPSA) is 38.5 Å². The van der Waals surface area contributed by atoms with E-state index in [0.717, 1.165) is 38.6 Å². The van der Waals surface area contributed by atoms with E-state index in [1.807, 2.05) is 0 Å². The van der Waals surface area contributed by atoms with E-state index in [4.69, 9.17) is 10.5 Å². The van der Waals surface area contributed by atoms with E-state index in [2.05, 4.69) is 32.7 Å². The molecular weight excluding hydrogens is 212 g/mol. The normalized spacial score (nSPS) is 13.6. The minimum Gasteiger partial charge on any atom is -0.380 e. The summed E-state index contributed by atoms with van der Waals surface area (Å²) in [6, 6.07) is 0. The quantitative estimate of drug-likeness (QED) is 0.567. The van der Waals surface area contributed by atoms with E-state index in [1.165, 1.54) is 19.4 Å².